The summed E-state index contributed by atoms with van der Waals surface area (Å²) in [6.07, 6.45) is -0.185. The Morgan fingerprint density at radius 3 is 2.44 bits per heavy atom. The standard InChI is InChI=1S/C27H33ClFN3O4/c1-16(2)17-9-7-8-10-19(17)27(11-12-32(15-27)25(35)36-26(3,4)5)24(34)31-22-14-21(29)20(28)13-18(22)23(33)30-6/h7-10,13-14,16H,11-12,15H2,1-6H3,(H,30,33)(H,31,34). The lowest BCUT2D eigenvalue weighted by Crippen LogP contribution is -2.45. The van der Waals surface area contributed by atoms with Crippen LogP contribution in [0, 0.1) is 5.82 Å². The van der Waals surface area contributed by atoms with Crippen LogP contribution < -0.4 is 10.6 Å². The maximum atomic E-state index is 14.4. The van der Waals surface area contributed by atoms with Crippen LogP contribution in [0.15, 0.2) is 36.4 Å². The van der Waals surface area contributed by atoms with E-state index in [1.807, 2.05) is 38.1 Å². The fourth-order valence-electron chi connectivity index (χ4n) is 4.47. The van der Waals surface area contributed by atoms with E-state index in [4.69, 9.17) is 16.3 Å². The summed E-state index contributed by atoms with van der Waals surface area (Å²) < 4.78 is 19.9. The molecule has 0 spiro atoms. The van der Waals surface area contributed by atoms with Crippen LogP contribution in [0.1, 0.15) is 68.4 Å². The SMILES string of the molecule is CNC(=O)c1cc(Cl)c(F)cc1NC(=O)C1(c2ccccc2C(C)C)CCN(C(=O)OC(C)(C)C)C1. The summed E-state index contributed by atoms with van der Waals surface area (Å²) in [6, 6.07) is 9.82. The molecule has 1 unspecified atom stereocenters. The minimum absolute atomic E-state index is 0.00151. The van der Waals surface area contributed by atoms with Gasteiger partial charge in [-0.05, 0) is 56.4 Å². The molecule has 2 aromatic rings. The molecule has 0 saturated carbocycles. The van der Waals surface area contributed by atoms with Crippen LogP contribution in [0.5, 0.6) is 0 Å². The van der Waals surface area contributed by atoms with Gasteiger partial charge in [0.2, 0.25) is 5.91 Å². The van der Waals surface area contributed by atoms with Gasteiger partial charge in [0.25, 0.3) is 5.91 Å². The quantitative estimate of drug-likeness (QED) is 0.549. The van der Waals surface area contributed by atoms with E-state index in [2.05, 4.69) is 10.6 Å². The van der Waals surface area contributed by atoms with E-state index in [0.717, 1.165) is 17.2 Å². The van der Waals surface area contributed by atoms with Crippen molar-refractivity contribution in [2.45, 2.75) is 58.0 Å². The summed E-state index contributed by atoms with van der Waals surface area (Å²) in [5, 5.41) is 5.02. The van der Waals surface area contributed by atoms with Gasteiger partial charge in [-0.1, -0.05) is 49.7 Å². The number of hydrogen-bond acceptors (Lipinski definition) is 4. The number of ether oxygens (including phenoxy) is 1. The third-order valence-corrected chi connectivity index (χ3v) is 6.52. The summed E-state index contributed by atoms with van der Waals surface area (Å²) in [5.41, 5.74) is -0.0609. The van der Waals surface area contributed by atoms with Gasteiger partial charge in [0.05, 0.1) is 21.7 Å². The van der Waals surface area contributed by atoms with Gasteiger partial charge in [-0.2, -0.15) is 0 Å². The smallest absolute Gasteiger partial charge is 0.410 e. The second kappa shape index (κ2) is 10.5. The normalized spacial score (nSPS) is 17.8. The van der Waals surface area contributed by atoms with Crippen molar-refractivity contribution < 1.29 is 23.5 Å². The molecule has 3 rings (SSSR count). The van der Waals surface area contributed by atoms with Crippen molar-refractivity contribution in [2.24, 2.45) is 0 Å². The molecule has 0 aromatic heterocycles. The molecule has 1 aliphatic rings. The zero-order chi connectivity index (χ0) is 26.8. The number of anilines is 1. The van der Waals surface area contributed by atoms with Crippen LogP contribution in [0.3, 0.4) is 0 Å². The minimum Gasteiger partial charge on any atom is -0.444 e. The highest BCUT2D eigenvalue weighted by atomic mass is 35.5. The number of halogens is 2. The Bertz CT molecular complexity index is 1180. The first-order valence-corrected chi connectivity index (χ1v) is 12.3. The first kappa shape index (κ1) is 27.5. The molecule has 2 aromatic carbocycles. The fourth-order valence-corrected chi connectivity index (χ4v) is 4.63. The first-order chi connectivity index (χ1) is 16.8. The summed E-state index contributed by atoms with van der Waals surface area (Å²) in [6.45, 7) is 9.78. The zero-order valence-corrected chi connectivity index (χ0v) is 22.3. The number of amides is 3. The molecule has 9 heteroatoms. The number of nitrogens with one attached hydrogen (secondary N) is 2. The monoisotopic (exact) mass is 517 g/mol. The number of carbonyl (C=O) groups is 3. The van der Waals surface area contributed by atoms with Gasteiger partial charge in [-0.3, -0.25) is 9.59 Å². The molecule has 36 heavy (non-hydrogen) atoms. The van der Waals surface area contributed by atoms with Crippen LogP contribution in [0.25, 0.3) is 0 Å². The van der Waals surface area contributed by atoms with Crippen LogP contribution in [-0.4, -0.2) is 48.5 Å². The highest BCUT2D eigenvalue weighted by molar-refractivity contribution is 6.31. The van der Waals surface area contributed by atoms with Gasteiger partial charge >= 0.3 is 6.09 Å². The van der Waals surface area contributed by atoms with Crippen molar-refractivity contribution in [3.05, 3.63) is 63.9 Å². The van der Waals surface area contributed by atoms with Gasteiger partial charge in [0.1, 0.15) is 11.4 Å². The molecule has 194 valence electrons. The molecule has 1 fully saturated rings. The molecule has 0 aliphatic carbocycles. The summed E-state index contributed by atoms with van der Waals surface area (Å²) in [5.74, 6) is -1.63. The van der Waals surface area contributed by atoms with Crippen molar-refractivity contribution >= 4 is 35.2 Å². The third-order valence-electron chi connectivity index (χ3n) is 6.23. The van der Waals surface area contributed by atoms with Crippen molar-refractivity contribution in [1.82, 2.24) is 10.2 Å². The number of likely N-dealkylation sites (tertiary alicyclic amines) is 1. The van der Waals surface area contributed by atoms with E-state index in [1.165, 1.54) is 18.0 Å². The highest BCUT2D eigenvalue weighted by Crippen LogP contribution is 2.40. The lowest BCUT2D eigenvalue weighted by molar-refractivity contribution is -0.121. The van der Waals surface area contributed by atoms with E-state index < -0.39 is 34.7 Å². The summed E-state index contributed by atoms with van der Waals surface area (Å²) in [7, 11) is 1.43. The number of hydrogen-bond donors (Lipinski definition) is 2. The second-order valence-electron chi connectivity index (χ2n) is 10.3. The van der Waals surface area contributed by atoms with Crippen molar-refractivity contribution in [2.75, 3.05) is 25.5 Å². The van der Waals surface area contributed by atoms with E-state index in [1.54, 1.807) is 20.8 Å². The maximum absolute atomic E-state index is 14.4. The number of carbonyl (C=O) groups excluding carboxylic acids is 3. The van der Waals surface area contributed by atoms with Gasteiger partial charge < -0.3 is 20.3 Å². The molecule has 0 radical (unpaired) electrons. The predicted octanol–water partition coefficient (Wildman–Crippen LogP) is 5.48. The van der Waals surface area contributed by atoms with Crippen LogP contribution in [-0.2, 0) is 14.9 Å². The number of nitrogens with zero attached hydrogens (tertiary/aromatic N) is 1. The zero-order valence-electron chi connectivity index (χ0n) is 21.5. The first-order valence-electron chi connectivity index (χ1n) is 11.9. The van der Waals surface area contributed by atoms with Crippen LogP contribution in [0.2, 0.25) is 5.02 Å². The van der Waals surface area contributed by atoms with Crippen molar-refractivity contribution in [1.29, 1.82) is 0 Å². The third kappa shape index (κ3) is 5.64. The Hall–Kier alpha value is -3.13. The number of benzene rings is 2. The Morgan fingerprint density at radius 2 is 1.83 bits per heavy atom. The Labute approximate surface area is 216 Å². The largest absolute Gasteiger partial charge is 0.444 e. The average Bonchev–Trinajstić information content (AvgIpc) is 3.26. The van der Waals surface area contributed by atoms with Gasteiger partial charge in [0, 0.05) is 20.1 Å². The molecule has 1 atom stereocenters. The summed E-state index contributed by atoms with van der Waals surface area (Å²) in [4.78, 5) is 40.9. The van der Waals surface area contributed by atoms with Crippen molar-refractivity contribution in [3.8, 4) is 0 Å². The Balaban J connectivity index is 2.08. The molecule has 1 aliphatic heterocycles. The lowest BCUT2D eigenvalue weighted by Gasteiger charge is -2.32. The topological polar surface area (TPSA) is 87.7 Å². The molecule has 1 heterocycles. The Kier molecular flexibility index (Phi) is 7.98. The predicted molar refractivity (Wildman–Crippen MR) is 138 cm³/mol. The molecular formula is C27H33ClFN3O4. The Morgan fingerprint density at radius 1 is 1.17 bits per heavy atom. The van der Waals surface area contributed by atoms with Crippen molar-refractivity contribution in [3.63, 3.8) is 0 Å². The van der Waals surface area contributed by atoms with Crippen LogP contribution in [0.4, 0.5) is 14.9 Å². The van der Waals surface area contributed by atoms with E-state index in [9.17, 15) is 18.8 Å². The van der Waals surface area contributed by atoms with E-state index in [-0.39, 0.29) is 28.7 Å². The molecule has 0 bridgehead atoms. The van der Waals surface area contributed by atoms with E-state index in [0.29, 0.717) is 13.0 Å². The minimum atomic E-state index is -1.14. The summed E-state index contributed by atoms with van der Waals surface area (Å²) >= 11 is 5.91. The van der Waals surface area contributed by atoms with Gasteiger partial charge in [-0.25, -0.2) is 9.18 Å². The molecule has 1 saturated heterocycles. The molecular weight excluding hydrogens is 485 g/mol. The molecule has 7 nitrogen and oxygen atoms in total. The maximum Gasteiger partial charge on any atom is 0.410 e. The van der Waals surface area contributed by atoms with Crippen LogP contribution >= 0.6 is 11.6 Å². The van der Waals surface area contributed by atoms with Gasteiger partial charge in [0.15, 0.2) is 0 Å². The fraction of sp³-hybridized carbons (Fsp3) is 0.444. The average molecular weight is 518 g/mol. The van der Waals surface area contributed by atoms with Gasteiger partial charge in [-0.15, -0.1) is 0 Å². The highest BCUT2D eigenvalue weighted by Gasteiger charge is 2.49. The molecule has 2 N–H and O–H groups in total. The second-order valence-corrected chi connectivity index (χ2v) is 10.7. The molecule has 3 amide bonds. The lowest BCUT2D eigenvalue weighted by atomic mass is 9.74. The number of rotatable bonds is 5. The van der Waals surface area contributed by atoms with E-state index >= 15 is 0 Å².